The van der Waals surface area contributed by atoms with E-state index in [4.69, 9.17) is 28.4 Å². The summed E-state index contributed by atoms with van der Waals surface area (Å²) in [7, 11) is 6.23. The molecule has 0 radical (unpaired) electrons. The van der Waals surface area contributed by atoms with Crippen LogP contribution in [0.3, 0.4) is 0 Å². The molecule has 3 fully saturated rings. The van der Waals surface area contributed by atoms with Gasteiger partial charge in [-0.15, -0.1) is 0 Å². The summed E-state index contributed by atoms with van der Waals surface area (Å²) >= 11 is 0. The molecule has 0 unspecified atom stereocenters. The topological polar surface area (TPSA) is 141 Å². The highest BCUT2D eigenvalue weighted by Gasteiger charge is 2.25. The number of ether oxygens (including phenoxy) is 7. The molecule has 15 heteroatoms. The summed E-state index contributed by atoms with van der Waals surface area (Å²) in [5, 5.41) is 3.16. The molecule has 12 rings (SSSR count). The maximum Gasteiger partial charge on any atom is 0.337 e. The maximum absolute atomic E-state index is 12.7. The smallest absolute Gasteiger partial charge is 0.337 e. The first-order chi connectivity index (χ1) is 40.8. The van der Waals surface area contributed by atoms with E-state index in [0.29, 0.717) is 37.4 Å². The first-order valence-corrected chi connectivity index (χ1v) is 29.6. The van der Waals surface area contributed by atoms with E-state index in [2.05, 4.69) is 105 Å². The maximum atomic E-state index is 12.7. The highest BCUT2D eigenvalue weighted by atomic mass is 16.5. The highest BCUT2D eigenvalue weighted by molar-refractivity contribution is 5.94. The fourth-order valence-corrected chi connectivity index (χ4v) is 11.2. The normalized spacial score (nSPS) is 16.3. The number of nitrogens with one attached hydrogen (secondary N) is 1. The molecule has 0 bridgehead atoms. The molecule has 1 N–H and O–H groups in total. The van der Waals surface area contributed by atoms with Gasteiger partial charge in [0.25, 0.3) is 5.91 Å². The molecule has 448 valence electrons. The van der Waals surface area contributed by atoms with Gasteiger partial charge in [-0.25, -0.2) is 9.59 Å². The number of aryl methyl sites for hydroxylation is 6. The van der Waals surface area contributed by atoms with Crippen LogP contribution >= 0.6 is 0 Å². The lowest BCUT2D eigenvalue weighted by molar-refractivity contribution is 0.0302. The minimum absolute atomic E-state index is 0.111. The van der Waals surface area contributed by atoms with Gasteiger partial charge in [-0.05, 0) is 157 Å². The second kappa shape index (κ2) is 31.8. The van der Waals surface area contributed by atoms with Crippen molar-refractivity contribution in [3.63, 3.8) is 0 Å². The first kappa shape index (κ1) is 63.1. The minimum Gasteiger partial charge on any atom is -0.496 e. The van der Waals surface area contributed by atoms with Gasteiger partial charge in [0.15, 0.2) is 0 Å². The molecule has 3 saturated heterocycles. The van der Waals surface area contributed by atoms with Crippen LogP contribution in [0.1, 0.15) is 110 Å². The number of carbonyl (C=O) groups is 3. The Bertz CT molecular complexity index is 3140. The molecule has 0 saturated carbocycles. The lowest BCUT2D eigenvalue weighted by atomic mass is 10.1. The van der Waals surface area contributed by atoms with Crippen LogP contribution in [0, 0.1) is 27.7 Å². The fraction of sp³-hybridized carbons (Fsp3) is 0.435. The van der Waals surface area contributed by atoms with Crippen LogP contribution in [0.2, 0.25) is 0 Å². The standard InChI is InChI=1S/C22H26N2O3.C19H21NO3.C14H19NO.C10H12O2.C4H9NO/c1-16-3-4-19(21(11-16)26-2)14-23-13-18-6-5-17(12-20(18)15-23)22(25)24-7-9-27-10-8-24;1-13-4-5-16(18(8-13)22-2)11-20-10-15-7-6-14(19(21)23-3)9-17(15)12-20;1-2-13-5-4-12(10-14(13)3-1)11-15-6-8-16-9-7-15;1-7-4-5-9(6-8(7)2)10(11)12-3;1-3-6-4-2-5-1/h3-6,11-12H,7-10,13-15H2,1-2H3;4-9H,10-12H2,1-3H3;4-5,10H,1-3,6-9,11H2;4-6H,1-3H3;5H,1-4H2. The number of rotatable bonds is 11. The lowest BCUT2D eigenvalue weighted by Crippen LogP contribution is -2.40. The Labute approximate surface area is 498 Å². The van der Waals surface area contributed by atoms with Crippen molar-refractivity contribution in [1.82, 2.24) is 24.9 Å². The van der Waals surface area contributed by atoms with Crippen molar-refractivity contribution < 1.29 is 47.5 Å². The molecule has 6 aliphatic rings. The Hall–Kier alpha value is -6.95. The number of hydrogen-bond acceptors (Lipinski definition) is 14. The SMILES string of the molecule is C1COCCN1.COC(=O)c1ccc(C)c(C)c1.COC(=O)c1ccc2c(c1)CN(Cc1ccc(C)cc1OC)C2.COc1cc(C)ccc1CN1Cc2ccc(C(=O)N3CCOCC3)cc2C1.c1cc2c(cc1CN1CCOCC1)CCC2. The molecule has 1 aliphatic carbocycles. The van der Waals surface area contributed by atoms with Crippen LogP contribution < -0.4 is 14.8 Å². The molecule has 1 amide bonds. The van der Waals surface area contributed by atoms with Gasteiger partial charge in [0, 0.05) is 102 Å². The van der Waals surface area contributed by atoms with Crippen LogP contribution in [0.5, 0.6) is 11.5 Å². The predicted molar refractivity (Wildman–Crippen MR) is 328 cm³/mol. The van der Waals surface area contributed by atoms with Gasteiger partial charge in [0.05, 0.1) is 79.2 Å². The average molecular weight is 1150 g/mol. The molecule has 0 aromatic heterocycles. The van der Waals surface area contributed by atoms with E-state index in [1.165, 1.54) is 89.1 Å². The number of morpholine rings is 3. The number of fused-ring (bicyclic) bond motifs is 3. The molecule has 5 aliphatic heterocycles. The average Bonchev–Trinajstić information content (AvgIpc) is 4.28. The van der Waals surface area contributed by atoms with Crippen LogP contribution in [-0.4, -0.2) is 145 Å². The number of nitrogens with zero attached hydrogens (tertiary/aromatic N) is 4. The van der Waals surface area contributed by atoms with Gasteiger partial charge >= 0.3 is 11.9 Å². The third kappa shape index (κ3) is 18.0. The molecule has 84 heavy (non-hydrogen) atoms. The summed E-state index contributed by atoms with van der Waals surface area (Å²) in [5.74, 6) is 1.41. The van der Waals surface area contributed by atoms with E-state index in [9.17, 15) is 14.4 Å². The fourth-order valence-electron chi connectivity index (χ4n) is 11.2. The van der Waals surface area contributed by atoms with Gasteiger partial charge in [0.2, 0.25) is 0 Å². The van der Waals surface area contributed by atoms with Gasteiger partial charge < -0.3 is 43.4 Å². The van der Waals surface area contributed by atoms with Gasteiger partial charge in [0.1, 0.15) is 11.5 Å². The van der Waals surface area contributed by atoms with Crippen LogP contribution in [-0.2, 0) is 82.3 Å². The van der Waals surface area contributed by atoms with Crippen molar-refractivity contribution in [3.8, 4) is 11.5 Å². The Balaban J connectivity index is 0.000000146. The summed E-state index contributed by atoms with van der Waals surface area (Å²) in [6.45, 7) is 24.7. The monoisotopic (exact) mass is 1150 g/mol. The Morgan fingerprint density at radius 2 is 0.940 bits per heavy atom. The summed E-state index contributed by atoms with van der Waals surface area (Å²) < 4.78 is 36.1. The van der Waals surface area contributed by atoms with Crippen molar-refractivity contribution in [2.24, 2.45) is 0 Å². The van der Waals surface area contributed by atoms with Gasteiger partial charge in [-0.2, -0.15) is 0 Å². The van der Waals surface area contributed by atoms with E-state index in [-0.39, 0.29) is 17.8 Å². The number of hydrogen-bond donors (Lipinski definition) is 1. The Morgan fingerprint density at radius 3 is 1.46 bits per heavy atom. The molecule has 6 aromatic carbocycles. The van der Waals surface area contributed by atoms with Crippen molar-refractivity contribution in [2.75, 3.05) is 107 Å². The molecule has 0 spiro atoms. The first-order valence-electron chi connectivity index (χ1n) is 29.6. The Kier molecular flexibility index (Phi) is 23.9. The number of esters is 2. The number of amides is 1. The number of benzene rings is 6. The number of methoxy groups -OCH3 is 4. The molecule has 0 atom stereocenters. The lowest BCUT2D eigenvalue weighted by Gasteiger charge is -2.27. The van der Waals surface area contributed by atoms with Crippen LogP contribution in [0.15, 0.2) is 109 Å². The van der Waals surface area contributed by atoms with E-state index in [0.717, 1.165) is 121 Å². The largest absolute Gasteiger partial charge is 0.496 e. The summed E-state index contributed by atoms with van der Waals surface area (Å²) in [6, 6.07) is 37.2. The zero-order valence-electron chi connectivity index (χ0n) is 50.8. The van der Waals surface area contributed by atoms with Gasteiger partial charge in [-0.1, -0.05) is 60.7 Å². The van der Waals surface area contributed by atoms with Crippen LogP contribution in [0.25, 0.3) is 0 Å². The summed E-state index contributed by atoms with van der Waals surface area (Å²) in [5.41, 5.74) is 18.7. The minimum atomic E-state index is -0.286. The second-order valence-electron chi connectivity index (χ2n) is 22.3. The second-order valence-corrected chi connectivity index (χ2v) is 22.3. The third-order valence-electron chi connectivity index (χ3n) is 16.1. The molecule has 6 aromatic rings. The van der Waals surface area contributed by atoms with Gasteiger partial charge in [-0.3, -0.25) is 19.5 Å². The summed E-state index contributed by atoms with van der Waals surface area (Å²) in [6.07, 6.45) is 3.91. The van der Waals surface area contributed by atoms with Crippen molar-refractivity contribution in [3.05, 3.63) is 198 Å². The summed E-state index contributed by atoms with van der Waals surface area (Å²) in [4.78, 5) is 44.5. The van der Waals surface area contributed by atoms with E-state index in [1.54, 1.807) is 31.4 Å². The molecule has 15 nitrogen and oxygen atoms in total. The molecule has 5 heterocycles. The zero-order chi connectivity index (χ0) is 59.4. The van der Waals surface area contributed by atoms with E-state index in [1.807, 2.05) is 55.1 Å². The Morgan fingerprint density at radius 1 is 0.452 bits per heavy atom. The third-order valence-corrected chi connectivity index (χ3v) is 16.1. The molecular formula is C69H87N5O10. The molecular weight excluding hydrogens is 1060 g/mol. The van der Waals surface area contributed by atoms with Crippen molar-refractivity contribution in [2.45, 2.75) is 92.8 Å². The van der Waals surface area contributed by atoms with E-state index >= 15 is 0 Å². The zero-order valence-corrected chi connectivity index (χ0v) is 50.8. The highest BCUT2D eigenvalue weighted by Crippen LogP contribution is 2.31. The number of carbonyl (C=O) groups excluding carboxylic acids is 3. The quantitative estimate of drug-likeness (QED) is 0.123. The predicted octanol–water partition coefficient (Wildman–Crippen LogP) is 10.0. The van der Waals surface area contributed by atoms with Crippen molar-refractivity contribution in [1.29, 1.82) is 0 Å². The van der Waals surface area contributed by atoms with E-state index < -0.39 is 0 Å². The van der Waals surface area contributed by atoms with Crippen LogP contribution in [0.4, 0.5) is 0 Å². The van der Waals surface area contributed by atoms with Crippen molar-refractivity contribution >= 4 is 17.8 Å².